The normalized spacial score (nSPS) is 11.8. The van der Waals surface area contributed by atoms with E-state index in [0.29, 0.717) is 0 Å². The lowest BCUT2D eigenvalue weighted by atomic mass is 10.1. The fourth-order valence-electron chi connectivity index (χ4n) is 1.68. The van der Waals surface area contributed by atoms with E-state index in [1.54, 1.807) is 0 Å². The molecule has 0 aliphatic carbocycles. The highest BCUT2D eigenvalue weighted by molar-refractivity contribution is 9.10. The molecule has 0 saturated heterocycles. The summed E-state index contributed by atoms with van der Waals surface area (Å²) in [6.07, 6.45) is 0. The monoisotopic (exact) mass is 304 g/mol. The van der Waals surface area contributed by atoms with E-state index < -0.39 is 11.9 Å². The Morgan fingerprint density at radius 3 is 2.22 bits per heavy atom. The van der Waals surface area contributed by atoms with Crippen LogP contribution in [0.5, 0.6) is 0 Å². The van der Waals surface area contributed by atoms with E-state index in [9.17, 15) is 4.79 Å². The van der Waals surface area contributed by atoms with E-state index in [-0.39, 0.29) is 0 Å². The van der Waals surface area contributed by atoms with Crippen LogP contribution in [0, 0.1) is 0 Å². The summed E-state index contributed by atoms with van der Waals surface area (Å²) >= 11 is 3.37. The lowest BCUT2D eigenvalue weighted by molar-refractivity contribution is -0.118. The van der Waals surface area contributed by atoms with Crippen molar-refractivity contribution in [2.45, 2.75) is 6.04 Å². The van der Waals surface area contributed by atoms with Gasteiger partial charge in [0.05, 0.1) is 0 Å². The molecule has 0 bridgehead atoms. The van der Waals surface area contributed by atoms with Crippen LogP contribution in [-0.4, -0.2) is 5.91 Å². The predicted octanol–water partition coefficient (Wildman–Crippen LogP) is 3.09. The zero-order valence-corrected chi connectivity index (χ0v) is 11.2. The number of hydrogen-bond acceptors (Lipinski definition) is 2. The zero-order chi connectivity index (χ0) is 13.0. The average Bonchev–Trinajstić information content (AvgIpc) is 2.38. The number of hydrogen-bond donors (Lipinski definition) is 2. The van der Waals surface area contributed by atoms with E-state index in [2.05, 4.69) is 21.2 Å². The topological polar surface area (TPSA) is 55.1 Å². The molecular formula is C14H13BrN2O. The van der Waals surface area contributed by atoms with Crippen LogP contribution in [-0.2, 0) is 4.79 Å². The Bertz CT molecular complexity index is 525. The Hall–Kier alpha value is -1.81. The molecule has 0 aliphatic rings. The molecule has 1 amide bonds. The molecule has 4 heteroatoms. The molecule has 0 aromatic heterocycles. The van der Waals surface area contributed by atoms with Gasteiger partial charge >= 0.3 is 0 Å². The summed E-state index contributed by atoms with van der Waals surface area (Å²) in [6.45, 7) is 0. The van der Waals surface area contributed by atoms with Crippen molar-refractivity contribution in [3.63, 3.8) is 0 Å². The Morgan fingerprint density at radius 2 is 1.67 bits per heavy atom. The molecule has 3 N–H and O–H groups in total. The SMILES string of the molecule is NC(=O)C(Nc1ccc(Br)cc1)c1ccccc1. The van der Waals surface area contributed by atoms with Crippen molar-refractivity contribution < 1.29 is 4.79 Å². The number of carbonyl (C=O) groups is 1. The molecule has 2 rings (SSSR count). The number of amides is 1. The maximum Gasteiger partial charge on any atom is 0.244 e. The first-order valence-electron chi connectivity index (χ1n) is 5.53. The van der Waals surface area contributed by atoms with Crippen molar-refractivity contribution in [1.82, 2.24) is 0 Å². The standard InChI is InChI=1S/C14H13BrN2O/c15-11-6-8-12(9-7-11)17-13(14(16)18)10-4-2-1-3-5-10/h1-9,13,17H,(H2,16,18). The molecule has 0 fully saturated rings. The first-order valence-corrected chi connectivity index (χ1v) is 6.32. The maximum absolute atomic E-state index is 11.5. The third kappa shape index (κ3) is 3.11. The van der Waals surface area contributed by atoms with Gasteiger partial charge in [-0.05, 0) is 29.8 Å². The van der Waals surface area contributed by atoms with E-state index in [4.69, 9.17) is 5.73 Å². The fourth-order valence-corrected chi connectivity index (χ4v) is 1.94. The molecule has 92 valence electrons. The Labute approximate surface area is 114 Å². The van der Waals surface area contributed by atoms with Gasteiger partial charge in [-0.1, -0.05) is 46.3 Å². The average molecular weight is 305 g/mol. The highest BCUT2D eigenvalue weighted by atomic mass is 79.9. The molecule has 2 aromatic carbocycles. The number of benzene rings is 2. The summed E-state index contributed by atoms with van der Waals surface area (Å²) in [5.74, 6) is -0.399. The summed E-state index contributed by atoms with van der Waals surface area (Å²) in [5, 5.41) is 3.13. The van der Waals surface area contributed by atoms with Crippen molar-refractivity contribution in [2.75, 3.05) is 5.32 Å². The van der Waals surface area contributed by atoms with Crippen molar-refractivity contribution in [1.29, 1.82) is 0 Å². The van der Waals surface area contributed by atoms with Gasteiger partial charge in [0.15, 0.2) is 0 Å². The molecule has 0 saturated carbocycles. The van der Waals surface area contributed by atoms with Gasteiger partial charge in [0.1, 0.15) is 6.04 Å². The summed E-state index contributed by atoms with van der Waals surface area (Å²) < 4.78 is 0.989. The minimum Gasteiger partial charge on any atom is -0.370 e. The van der Waals surface area contributed by atoms with Crippen LogP contribution in [0.15, 0.2) is 59.1 Å². The lowest BCUT2D eigenvalue weighted by Gasteiger charge is -2.17. The van der Waals surface area contributed by atoms with Crippen molar-refractivity contribution in [2.24, 2.45) is 5.73 Å². The smallest absolute Gasteiger partial charge is 0.244 e. The van der Waals surface area contributed by atoms with Crippen LogP contribution < -0.4 is 11.1 Å². The van der Waals surface area contributed by atoms with Crippen LogP contribution in [0.3, 0.4) is 0 Å². The number of nitrogens with two attached hydrogens (primary N) is 1. The van der Waals surface area contributed by atoms with E-state index in [1.165, 1.54) is 0 Å². The molecule has 18 heavy (non-hydrogen) atoms. The van der Waals surface area contributed by atoms with Crippen LogP contribution >= 0.6 is 15.9 Å². The quantitative estimate of drug-likeness (QED) is 0.912. The zero-order valence-electron chi connectivity index (χ0n) is 9.64. The van der Waals surface area contributed by atoms with Crippen molar-refractivity contribution in [3.05, 3.63) is 64.6 Å². The summed E-state index contributed by atoms with van der Waals surface area (Å²) in [7, 11) is 0. The van der Waals surface area contributed by atoms with Crippen LogP contribution in [0.4, 0.5) is 5.69 Å². The summed E-state index contributed by atoms with van der Waals surface area (Å²) in [6, 6.07) is 16.5. The van der Waals surface area contributed by atoms with Crippen LogP contribution in [0.2, 0.25) is 0 Å². The van der Waals surface area contributed by atoms with E-state index in [1.807, 2.05) is 54.6 Å². The second kappa shape index (κ2) is 5.69. The Kier molecular flexibility index (Phi) is 3.99. The van der Waals surface area contributed by atoms with Crippen molar-refractivity contribution in [3.8, 4) is 0 Å². The lowest BCUT2D eigenvalue weighted by Crippen LogP contribution is -2.27. The minimum atomic E-state index is -0.521. The third-order valence-corrected chi connectivity index (χ3v) is 3.10. The molecule has 0 spiro atoms. The summed E-state index contributed by atoms with van der Waals surface area (Å²) in [4.78, 5) is 11.5. The molecular weight excluding hydrogens is 292 g/mol. The molecule has 1 unspecified atom stereocenters. The van der Waals surface area contributed by atoms with Crippen molar-refractivity contribution >= 4 is 27.5 Å². The van der Waals surface area contributed by atoms with E-state index in [0.717, 1.165) is 15.7 Å². The molecule has 3 nitrogen and oxygen atoms in total. The van der Waals surface area contributed by atoms with Gasteiger partial charge in [0.25, 0.3) is 0 Å². The highest BCUT2D eigenvalue weighted by Gasteiger charge is 2.16. The van der Waals surface area contributed by atoms with Gasteiger partial charge in [-0.25, -0.2) is 0 Å². The highest BCUT2D eigenvalue weighted by Crippen LogP contribution is 2.21. The maximum atomic E-state index is 11.5. The van der Waals surface area contributed by atoms with Gasteiger partial charge in [-0.15, -0.1) is 0 Å². The van der Waals surface area contributed by atoms with Gasteiger partial charge in [-0.3, -0.25) is 4.79 Å². The number of halogens is 1. The second-order valence-corrected chi connectivity index (χ2v) is 4.81. The van der Waals surface area contributed by atoms with E-state index >= 15 is 0 Å². The predicted molar refractivity (Wildman–Crippen MR) is 76.1 cm³/mol. The third-order valence-electron chi connectivity index (χ3n) is 2.57. The molecule has 0 radical (unpaired) electrons. The summed E-state index contributed by atoms with van der Waals surface area (Å²) in [5.41, 5.74) is 7.14. The molecule has 1 atom stereocenters. The second-order valence-electron chi connectivity index (χ2n) is 3.90. The van der Waals surface area contributed by atoms with Gasteiger partial charge in [-0.2, -0.15) is 0 Å². The van der Waals surface area contributed by atoms with Gasteiger partial charge in [0.2, 0.25) is 5.91 Å². The Morgan fingerprint density at radius 1 is 1.06 bits per heavy atom. The minimum absolute atomic E-state index is 0.399. The molecule has 0 aliphatic heterocycles. The Balaban J connectivity index is 2.22. The van der Waals surface area contributed by atoms with Crippen LogP contribution in [0.1, 0.15) is 11.6 Å². The number of nitrogens with one attached hydrogen (secondary N) is 1. The number of primary amides is 1. The molecule has 0 heterocycles. The van der Waals surface area contributed by atoms with Crippen LogP contribution in [0.25, 0.3) is 0 Å². The first-order chi connectivity index (χ1) is 8.66. The number of rotatable bonds is 4. The first kappa shape index (κ1) is 12.6. The van der Waals surface area contributed by atoms with Gasteiger partial charge < -0.3 is 11.1 Å². The molecule has 2 aromatic rings. The van der Waals surface area contributed by atoms with Gasteiger partial charge in [0, 0.05) is 10.2 Å². The number of anilines is 1. The largest absolute Gasteiger partial charge is 0.370 e. The fraction of sp³-hybridized carbons (Fsp3) is 0.0714. The number of carbonyl (C=O) groups excluding carboxylic acids is 1.